The van der Waals surface area contributed by atoms with Crippen molar-refractivity contribution in [2.45, 2.75) is 6.92 Å². The quantitative estimate of drug-likeness (QED) is 0.667. The zero-order chi connectivity index (χ0) is 18.3. The number of aryl methyl sites for hydroxylation is 1. The van der Waals surface area contributed by atoms with Crippen LogP contribution in [0.2, 0.25) is 10.0 Å². The maximum Gasteiger partial charge on any atom is 0.159 e. The monoisotopic (exact) mass is 390 g/mol. The van der Waals surface area contributed by atoms with E-state index in [2.05, 4.69) is 21.7 Å². The largest absolute Gasteiger partial charge is 0.493 e. The van der Waals surface area contributed by atoms with E-state index in [1.54, 1.807) is 13.2 Å². The topological polar surface area (TPSA) is 33.0 Å². The standard InChI is InChI=1S/C19H20Cl2N4O/c1-13-18(17(26-2)12-25-6-5-22-19(13)25)24-9-7-23(8-10-24)16-4-3-14(20)11-15(16)21/h3-6,11-12H,7-10H2,1-2H3. The lowest BCUT2D eigenvalue weighted by atomic mass is 10.1. The molecule has 0 N–H and O–H groups in total. The van der Waals surface area contributed by atoms with Crippen LogP contribution in [0.3, 0.4) is 0 Å². The molecular weight excluding hydrogens is 371 g/mol. The van der Waals surface area contributed by atoms with Crippen LogP contribution in [0.25, 0.3) is 5.65 Å². The molecule has 3 aromatic rings. The van der Waals surface area contributed by atoms with Crippen molar-refractivity contribution in [3.63, 3.8) is 0 Å². The average molecular weight is 391 g/mol. The number of rotatable bonds is 3. The Hall–Kier alpha value is -2.11. The van der Waals surface area contributed by atoms with E-state index >= 15 is 0 Å². The van der Waals surface area contributed by atoms with Gasteiger partial charge in [-0.1, -0.05) is 23.2 Å². The summed E-state index contributed by atoms with van der Waals surface area (Å²) in [6, 6.07) is 5.67. The second kappa shape index (κ2) is 6.89. The van der Waals surface area contributed by atoms with Crippen LogP contribution >= 0.6 is 23.2 Å². The highest BCUT2D eigenvalue weighted by Crippen LogP contribution is 2.36. The highest BCUT2D eigenvalue weighted by Gasteiger charge is 2.24. The highest BCUT2D eigenvalue weighted by atomic mass is 35.5. The fourth-order valence-electron chi connectivity index (χ4n) is 3.64. The summed E-state index contributed by atoms with van der Waals surface area (Å²) in [5.74, 6) is 0.867. The Morgan fingerprint density at radius 3 is 2.50 bits per heavy atom. The molecule has 1 aliphatic rings. The van der Waals surface area contributed by atoms with Gasteiger partial charge in [-0.15, -0.1) is 0 Å². The Labute approximate surface area is 162 Å². The molecular formula is C19H20Cl2N4O. The summed E-state index contributed by atoms with van der Waals surface area (Å²) in [5.41, 5.74) is 4.24. The minimum atomic E-state index is 0.658. The van der Waals surface area contributed by atoms with Gasteiger partial charge in [-0.05, 0) is 25.1 Å². The Balaban J connectivity index is 1.60. The molecule has 26 heavy (non-hydrogen) atoms. The van der Waals surface area contributed by atoms with Crippen molar-refractivity contribution in [1.82, 2.24) is 9.38 Å². The number of halogens is 2. The fourth-order valence-corrected chi connectivity index (χ4v) is 4.16. The Kier molecular flexibility index (Phi) is 4.59. The number of ether oxygens (including phenoxy) is 1. The lowest BCUT2D eigenvalue weighted by Crippen LogP contribution is -2.47. The number of pyridine rings is 1. The Morgan fingerprint density at radius 2 is 1.81 bits per heavy atom. The van der Waals surface area contributed by atoms with Gasteiger partial charge in [0, 0.05) is 49.2 Å². The van der Waals surface area contributed by atoms with Gasteiger partial charge < -0.3 is 18.9 Å². The number of methoxy groups -OCH3 is 1. The molecule has 3 heterocycles. The number of hydrogen-bond donors (Lipinski definition) is 0. The van der Waals surface area contributed by atoms with Gasteiger partial charge in [-0.3, -0.25) is 0 Å². The van der Waals surface area contributed by atoms with Gasteiger partial charge in [0.25, 0.3) is 0 Å². The Morgan fingerprint density at radius 1 is 1.08 bits per heavy atom. The van der Waals surface area contributed by atoms with Crippen molar-refractivity contribution in [3.05, 3.63) is 52.4 Å². The van der Waals surface area contributed by atoms with Crippen molar-refractivity contribution in [3.8, 4) is 5.75 Å². The van der Waals surface area contributed by atoms with Crippen molar-refractivity contribution in [2.24, 2.45) is 0 Å². The molecule has 1 fully saturated rings. The van der Waals surface area contributed by atoms with Gasteiger partial charge in [0.2, 0.25) is 0 Å². The van der Waals surface area contributed by atoms with Crippen molar-refractivity contribution < 1.29 is 4.74 Å². The molecule has 0 atom stereocenters. The number of piperazine rings is 1. The molecule has 2 aromatic heterocycles. The van der Waals surface area contributed by atoms with Gasteiger partial charge in [-0.2, -0.15) is 0 Å². The lowest BCUT2D eigenvalue weighted by Gasteiger charge is -2.38. The number of anilines is 2. The zero-order valence-corrected chi connectivity index (χ0v) is 16.3. The summed E-state index contributed by atoms with van der Waals surface area (Å²) in [4.78, 5) is 9.13. The van der Waals surface area contributed by atoms with Crippen LogP contribution in [0.1, 0.15) is 5.56 Å². The van der Waals surface area contributed by atoms with E-state index in [-0.39, 0.29) is 0 Å². The molecule has 0 saturated carbocycles. The van der Waals surface area contributed by atoms with Crippen LogP contribution in [0, 0.1) is 6.92 Å². The van der Waals surface area contributed by atoms with Gasteiger partial charge in [-0.25, -0.2) is 4.98 Å². The number of fused-ring (bicyclic) bond motifs is 1. The van der Waals surface area contributed by atoms with Gasteiger partial charge in [0.1, 0.15) is 5.65 Å². The van der Waals surface area contributed by atoms with Gasteiger partial charge >= 0.3 is 0 Å². The number of nitrogens with zero attached hydrogens (tertiary/aromatic N) is 4. The third-order valence-electron chi connectivity index (χ3n) is 4.92. The van der Waals surface area contributed by atoms with Crippen LogP contribution in [0.4, 0.5) is 11.4 Å². The molecule has 0 aliphatic carbocycles. The summed E-state index contributed by atoms with van der Waals surface area (Å²) in [6.07, 6.45) is 5.74. The second-order valence-electron chi connectivity index (χ2n) is 6.40. The van der Waals surface area contributed by atoms with E-state index in [4.69, 9.17) is 27.9 Å². The predicted molar refractivity (Wildman–Crippen MR) is 107 cm³/mol. The molecule has 1 aliphatic heterocycles. The molecule has 1 aromatic carbocycles. The van der Waals surface area contributed by atoms with Crippen LogP contribution < -0.4 is 14.5 Å². The van der Waals surface area contributed by atoms with E-state index < -0.39 is 0 Å². The summed E-state index contributed by atoms with van der Waals surface area (Å²) in [6.45, 7) is 5.62. The third-order valence-corrected chi connectivity index (χ3v) is 5.45. The summed E-state index contributed by atoms with van der Waals surface area (Å²) in [7, 11) is 1.71. The molecule has 0 radical (unpaired) electrons. The first-order valence-electron chi connectivity index (χ1n) is 8.53. The van der Waals surface area contributed by atoms with Crippen molar-refractivity contribution in [2.75, 3.05) is 43.1 Å². The molecule has 136 valence electrons. The first kappa shape index (κ1) is 17.3. The van der Waals surface area contributed by atoms with Crippen LogP contribution in [-0.4, -0.2) is 42.7 Å². The minimum Gasteiger partial charge on any atom is -0.493 e. The molecule has 0 unspecified atom stereocenters. The van der Waals surface area contributed by atoms with E-state index in [0.29, 0.717) is 10.0 Å². The average Bonchev–Trinajstić information content (AvgIpc) is 3.11. The molecule has 4 rings (SSSR count). The predicted octanol–water partition coefficient (Wildman–Crippen LogP) is 4.28. The van der Waals surface area contributed by atoms with Crippen molar-refractivity contribution in [1.29, 1.82) is 0 Å². The molecule has 1 saturated heterocycles. The zero-order valence-electron chi connectivity index (χ0n) is 14.7. The molecule has 0 spiro atoms. The van der Waals surface area contributed by atoms with E-state index in [1.807, 2.05) is 35.1 Å². The van der Waals surface area contributed by atoms with E-state index in [9.17, 15) is 0 Å². The van der Waals surface area contributed by atoms with Gasteiger partial charge in [0.05, 0.1) is 29.7 Å². The lowest BCUT2D eigenvalue weighted by molar-refractivity contribution is 0.411. The third kappa shape index (κ3) is 2.95. The smallest absolute Gasteiger partial charge is 0.159 e. The second-order valence-corrected chi connectivity index (χ2v) is 7.24. The normalized spacial score (nSPS) is 14.9. The first-order valence-corrected chi connectivity index (χ1v) is 9.29. The maximum atomic E-state index is 6.37. The molecule has 0 amide bonds. The summed E-state index contributed by atoms with van der Waals surface area (Å²) >= 11 is 12.4. The molecule has 7 heteroatoms. The number of imidazole rings is 1. The number of benzene rings is 1. The number of hydrogen-bond acceptors (Lipinski definition) is 4. The fraction of sp³-hybridized carbons (Fsp3) is 0.316. The van der Waals surface area contributed by atoms with Gasteiger partial charge in [0.15, 0.2) is 5.75 Å². The van der Waals surface area contributed by atoms with E-state index in [1.165, 1.54) is 0 Å². The Bertz CT molecular complexity index is 948. The summed E-state index contributed by atoms with van der Waals surface area (Å²) in [5, 5.41) is 1.35. The highest BCUT2D eigenvalue weighted by molar-refractivity contribution is 6.36. The van der Waals surface area contributed by atoms with Crippen LogP contribution in [-0.2, 0) is 0 Å². The summed E-state index contributed by atoms with van der Waals surface area (Å²) < 4.78 is 7.66. The molecule has 0 bridgehead atoms. The van der Waals surface area contributed by atoms with Crippen LogP contribution in [0.5, 0.6) is 5.75 Å². The maximum absolute atomic E-state index is 6.37. The minimum absolute atomic E-state index is 0.658. The van der Waals surface area contributed by atoms with E-state index in [0.717, 1.165) is 54.5 Å². The first-order chi connectivity index (χ1) is 12.6. The van der Waals surface area contributed by atoms with Crippen LogP contribution in [0.15, 0.2) is 36.8 Å². The number of aromatic nitrogens is 2. The SMILES string of the molecule is COc1cn2ccnc2c(C)c1N1CCN(c2ccc(Cl)cc2Cl)CC1. The molecule has 5 nitrogen and oxygen atoms in total. The van der Waals surface area contributed by atoms with Crippen molar-refractivity contribution >= 4 is 40.2 Å².